The number of rotatable bonds is 10. The van der Waals surface area contributed by atoms with Crippen LogP contribution >= 0.6 is 34.8 Å². The van der Waals surface area contributed by atoms with Crippen LogP contribution in [0.3, 0.4) is 0 Å². The van der Waals surface area contributed by atoms with Gasteiger partial charge in [0.25, 0.3) is 0 Å². The molecule has 30 heavy (non-hydrogen) atoms. The molecule has 0 aromatic heterocycles. The van der Waals surface area contributed by atoms with E-state index in [0.717, 1.165) is 56.9 Å². The second-order valence-corrected chi connectivity index (χ2v) is 8.35. The predicted molar refractivity (Wildman–Crippen MR) is 122 cm³/mol. The summed E-state index contributed by atoms with van der Waals surface area (Å²) in [7, 11) is 1.62. The van der Waals surface area contributed by atoms with Gasteiger partial charge in [0.05, 0.1) is 20.3 Å². The molecule has 0 radical (unpaired) electrons. The lowest BCUT2D eigenvalue weighted by atomic mass is 10.2. The zero-order chi connectivity index (χ0) is 21.3. The van der Waals surface area contributed by atoms with Crippen LogP contribution in [-0.2, 0) is 17.9 Å². The maximum absolute atomic E-state index is 6.49. The zero-order valence-electron chi connectivity index (χ0n) is 17.1. The topological polar surface area (TPSA) is 43.0 Å². The minimum Gasteiger partial charge on any atom is -0.493 e. The van der Waals surface area contributed by atoms with Gasteiger partial charge in [-0.05, 0) is 43.3 Å². The van der Waals surface area contributed by atoms with Gasteiger partial charge in [0.1, 0.15) is 6.61 Å². The van der Waals surface area contributed by atoms with Gasteiger partial charge in [-0.25, -0.2) is 0 Å². The third-order valence-electron chi connectivity index (χ3n) is 4.98. The minimum atomic E-state index is 0.293. The van der Waals surface area contributed by atoms with Crippen LogP contribution in [0, 0.1) is 0 Å². The molecule has 0 saturated carbocycles. The van der Waals surface area contributed by atoms with Crippen LogP contribution in [0.15, 0.2) is 30.3 Å². The fraction of sp³-hybridized carbons (Fsp3) is 0.455. The third kappa shape index (κ3) is 6.91. The second kappa shape index (κ2) is 12.0. The smallest absolute Gasteiger partial charge is 0.163 e. The van der Waals surface area contributed by atoms with Crippen LogP contribution in [0.25, 0.3) is 0 Å². The van der Waals surface area contributed by atoms with E-state index in [1.54, 1.807) is 25.3 Å². The van der Waals surface area contributed by atoms with E-state index in [9.17, 15) is 0 Å². The molecule has 3 rings (SSSR count). The molecule has 2 aromatic carbocycles. The van der Waals surface area contributed by atoms with Crippen molar-refractivity contribution in [2.45, 2.75) is 19.6 Å². The Morgan fingerprint density at radius 1 is 1.00 bits per heavy atom. The second-order valence-electron chi connectivity index (χ2n) is 7.10. The van der Waals surface area contributed by atoms with E-state index in [0.29, 0.717) is 39.7 Å². The summed E-state index contributed by atoms with van der Waals surface area (Å²) in [6.45, 7) is 6.67. The molecule has 1 saturated heterocycles. The highest BCUT2D eigenvalue weighted by Crippen LogP contribution is 2.34. The Kier molecular flexibility index (Phi) is 9.37. The van der Waals surface area contributed by atoms with Gasteiger partial charge in [-0.3, -0.25) is 4.90 Å². The molecule has 2 aromatic rings. The summed E-state index contributed by atoms with van der Waals surface area (Å²) < 4.78 is 16.8. The molecule has 0 spiro atoms. The Balaban J connectivity index is 1.51. The fourth-order valence-electron chi connectivity index (χ4n) is 3.25. The number of morpholine rings is 1. The first-order chi connectivity index (χ1) is 14.6. The molecule has 1 aliphatic heterocycles. The molecule has 0 unspecified atom stereocenters. The van der Waals surface area contributed by atoms with Gasteiger partial charge >= 0.3 is 0 Å². The highest BCUT2D eigenvalue weighted by Gasteiger charge is 2.13. The maximum atomic E-state index is 6.49. The van der Waals surface area contributed by atoms with E-state index >= 15 is 0 Å². The highest BCUT2D eigenvalue weighted by molar-refractivity contribution is 6.35. The molecule has 0 aliphatic carbocycles. The quantitative estimate of drug-likeness (QED) is 0.489. The number of benzene rings is 2. The van der Waals surface area contributed by atoms with E-state index in [2.05, 4.69) is 10.2 Å². The van der Waals surface area contributed by atoms with Crippen LogP contribution < -0.4 is 14.8 Å². The summed E-state index contributed by atoms with van der Waals surface area (Å²) in [5, 5.41) is 5.24. The first-order valence-corrected chi connectivity index (χ1v) is 11.1. The standard InChI is InChI=1S/C22H27Cl3N2O3/c1-28-21-11-17(14-26-5-2-6-27-7-9-29-10-8-27)20(25)13-22(21)30-15-16-3-4-18(23)12-19(16)24/h3-4,11-13,26H,2,5-10,14-15H2,1H3. The van der Waals surface area contributed by atoms with Crippen molar-refractivity contribution in [3.05, 3.63) is 56.5 Å². The molecule has 1 fully saturated rings. The van der Waals surface area contributed by atoms with Crippen LogP contribution in [0.5, 0.6) is 11.5 Å². The first-order valence-electron chi connectivity index (χ1n) is 10.0. The third-order valence-corrected chi connectivity index (χ3v) is 5.92. The number of methoxy groups -OCH3 is 1. The molecule has 5 nitrogen and oxygen atoms in total. The van der Waals surface area contributed by atoms with E-state index in [-0.39, 0.29) is 0 Å². The number of nitrogens with zero attached hydrogens (tertiary/aromatic N) is 1. The van der Waals surface area contributed by atoms with Gasteiger partial charge in [-0.2, -0.15) is 0 Å². The van der Waals surface area contributed by atoms with E-state index in [1.165, 1.54) is 0 Å². The Morgan fingerprint density at radius 2 is 1.77 bits per heavy atom. The van der Waals surface area contributed by atoms with Gasteiger partial charge in [0.2, 0.25) is 0 Å². The van der Waals surface area contributed by atoms with Crippen LogP contribution in [0.2, 0.25) is 15.1 Å². The molecule has 1 aliphatic rings. The van der Waals surface area contributed by atoms with Gasteiger partial charge in [-0.15, -0.1) is 0 Å². The molecule has 164 valence electrons. The Morgan fingerprint density at radius 3 is 2.50 bits per heavy atom. The average Bonchev–Trinajstić information content (AvgIpc) is 2.74. The Bertz CT molecular complexity index is 830. The number of halogens is 3. The summed E-state index contributed by atoms with van der Waals surface area (Å²) in [4.78, 5) is 2.43. The number of hydrogen-bond acceptors (Lipinski definition) is 5. The van der Waals surface area contributed by atoms with Gasteiger partial charge in [-0.1, -0.05) is 40.9 Å². The van der Waals surface area contributed by atoms with Crippen molar-refractivity contribution < 1.29 is 14.2 Å². The molecule has 1 heterocycles. The van der Waals surface area contributed by atoms with E-state index in [1.807, 2.05) is 12.1 Å². The van der Waals surface area contributed by atoms with E-state index < -0.39 is 0 Å². The molecule has 0 bridgehead atoms. The molecular weight excluding hydrogens is 447 g/mol. The molecule has 0 amide bonds. The van der Waals surface area contributed by atoms with E-state index in [4.69, 9.17) is 49.0 Å². The summed E-state index contributed by atoms with van der Waals surface area (Å²) in [6.07, 6.45) is 1.08. The summed E-state index contributed by atoms with van der Waals surface area (Å²) in [5.74, 6) is 1.21. The zero-order valence-corrected chi connectivity index (χ0v) is 19.3. The van der Waals surface area contributed by atoms with Gasteiger partial charge in [0.15, 0.2) is 11.5 Å². The SMILES string of the molecule is COc1cc(CNCCCN2CCOCC2)c(Cl)cc1OCc1ccc(Cl)cc1Cl. The number of ether oxygens (including phenoxy) is 3. The van der Waals surface area contributed by atoms with Crippen molar-refractivity contribution in [2.24, 2.45) is 0 Å². The highest BCUT2D eigenvalue weighted by atomic mass is 35.5. The minimum absolute atomic E-state index is 0.293. The Hall–Kier alpha value is -1.21. The first kappa shape index (κ1) is 23.5. The van der Waals surface area contributed by atoms with Crippen molar-refractivity contribution in [2.75, 3.05) is 46.5 Å². The molecule has 8 heteroatoms. The summed E-state index contributed by atoms with van der Waals surface area (Å²) >= 11 is 18.6. The fourth-order valence-corrected chi connectivity index (χ4v) is 3.94. The van der Waals surface area contributed by atoms with Gasteiger partial charge < -0.3 is 19.5 Å². The average molecular weight is 474 g/mol. The van der Waals surface area contributed by atoms with Crippen molar-refractivity contribution in [1.82, 2.24) is 10.2 Å². The Labute approximate surface area is 193 Å². The maximum Gasteiger partial charge on any atom is 0.163 e. The molecule has 1 N–H and O–H groups in total. The monoisotopic (exact) mass is 472 g/mol. The van der Waals surface area contributed by atoms with Crippen LogP contribution in [0.4, 0.5) is 0 Å². The predicted octanol–water partition coefficient (Wildman–Crippen LogP) is 5.05. The lowest BCUT2D eigenvalue weighted by Gasteiger charge is -2.26. The summed E-state index contributed by atoms with van der Waals surface area (Å²) in [6, 6.07) is 9.02. The van der Waals surface area contributed by atoms with Crippen molar-refractivity contribution in [3.8, 4) is 11.5 Å². The lowest BCUT2D eigenvalue weighted by Crippen LogP contribution is -2.37. The molecular formula is C22H27Cl3N2O3. The number of nitrogens with one attached hydrogen (secondary N) is 1. The van der Waals surface area contributed by atoms with Crippen LogP contribution in [0.1, 0.15) is 17.5 Å². The van der Waals surface area contributed by atoms with Crippen molar-refractivity contribution in [1.29, 1.82) is 0 Å². The largest absolute Gasteiger partial charge is 0.493 e. The molecule has 0 atom stereocenters. The normalized spacial score (nSPS) is 14.7. The van der Waals surface area contributed by atoms with Gasteiger partial charge in [0, 0.05) is 46.3 Å². The summed E-state index contributed by atoms with van der Waals surface area (Å²) in [5.41, 5.74) is 1.81. The number of hydrogen-bond donors (Lipinski definition) is 1. The van der Waals surface area contributed by atoms with Crippen molar-refractivity contribution in [3.63, 3.8) is 0 Å². The van der Waals surface area contributed by atoms with Crippen LogP contribution in [-0.4, -0.2) is 51.4 Å². The lowest BCUT2D eigenvalue weighted by molar-refractivity contribution is 0.0374. The van der Waals surface area contributed by atoms with Crippen molar-refractivity contribution >= 4 is 34.8 Å².